The van der Waals surface area contributed by atoms with Crippen molar-refractivity contribution in [3.8, 4) is 0 Å². The van der Waals surface area contributed by atoms with Crippen LogP contribution < -0.4 is 5.32 Å². The lowest BCUT2D eigenvalue weighted by Crippen LogP contribution is -2.39. The average molecular weight is 229 g/mol. The molecule has 0 aromatic heterocycles. The summed E-state index contributed by atoms with van der Waals surface area (Å²) >= 11 is 0. The number of carbonyl (C=O) groups excluding carboxylic acids is 2. The molecule has 0 radical (unpaired) electrons. The van der Waals surface area contributed by atoms with Crippen LogP contribution in [0.1, 0.15) is 40.5 Å². The molecule has 0 saturated heterocycles. The van der Waals surface area contributed by atoms with Crippen LogP contribution in [0.5, 0.6) is 0 Å². The zero-order valence-electron chi connectivity index (χ0n) is 10.7. The molecule has 1 unspecified atom stereocenters. The fraction of sp³-hybridized carbons (Fsp3) is 0.833. The summed E-state index contributed by atoms with van der Waals surface area (Å²) in [5.74, 6) is 0.109. The fourth-order valence-corrected chi connectivity index (χ4v) is 1.25. The Morgan fingerprint density at radius 2 is 1.94 bits per heavy atom. The van der Waals surface area contributed by atoms with Crippen LogP contribution in [0.3, 0.4) is 0 Å². The first kappa shape index (κ1) is 15.1. The third-order valence-electron chi connectivity index (χ3n) is 2.14. The van der Waals surface area contributed by atoms with E-state index in [0.717, 1.165) is 12.8 Å². The number of ether oxygens (including phenoxy) is 1. The molecule has 0 saturated carbocycles. The Morgan fingerprint density at radius 1 is 1.31 bits per heavy atom. The van der Waals surface area contributed by atoms with E-state index in [4.69, 9.17) is 4.74 Å². The number of carbonyl (C=O) groups is 2. The second-order valence-electron chi connectivity index (χ2n) is 4.41. The second kappa shape index (κ2) is 8.28. The minimum absolute atomic E-state index is 0.0681. The molecule has 0 rings (SSSR count). The smallest absolute Gasteiger partial charge is 0.319 e. The van der Waals surface area contributed by atoms with Gasteiger partial charge < -0.3 is 4.74 Å². The van der Waals surface area contributed by atoms with Crippen molar-refractivity contribution in [3.05, 3.63) is 0 Å². The topological polar surface area (TPSA) is 55.4 Å². The van der Waals surface area contributed by atoms with Gasteiger partial charge in [0, 0.05) is 0 Å². The van der Waals surface area contributed by atoms with E-state index in [1.165, 1.54) is 6.92 Å². The zero-order valence-corrected chi connectivity index (χ0v) is 10.7. The van der Waals surface area contributed by atoms with Gasteiger partial charge in [0.15, 0.2) is 0 Å². The largest absolute Gasteiger partial charge is 0.464 e. The zero-order chi connectivity index (χ0) is 12.6. The number of esters is 1. The molecule has 0 fully saturated rings. The van der Waals surface area contributed by atoms with Crippen LogP contribution in [0.4, 0.5) is 0 Å². The molecule has 16 heavy (non-hydrogen) atoms. The van der Waals surface area contributed by atoms with Gasteiger partial charge in [-0.1, -0.05) is 27.2 Å². The van der Waals surface area contributed by atoms with Gasteiger partial charge in [0.2, 0.25) is 0 Å². The number of hydrogen-bond donors (Lipinski definition) is 1. The van der Waals surface area contributed by atoms with Crippen LogP contribution in [-0.4, -0.2) is 30.9 Å². The molecule has 94 valence electrons. The first-order chi connectivity index (χ1) is 7.47. The SMILES string of the molecule is CCCC(NCC(=O)OCC(C)C)C(C)=O. The third-order valence-corrected chi connectivity index (χ3v) is 2.14. The van der Waals surface area contributed by atoms with Crippen LogP contribution in [0.25, 0.3) is 0 Å². The molecule has 1 atom stereocenters. The van der Waals surface area contributed by atoms with Gasteiger partial charge in [-0.2, -0.15) is 0 Å². The molecule has 0 amide bonds. The van der Waals surface area contributed by atoms with Gasteiger partial charge in [-0.25, -0.2) is 0 Å². The predicted molar refractivity (Wildman–Crippen MR) is 63.2 cm³/mol. The monoisotopic (exact) mass is 229 g/mol. The maximum absolute atomic E-state index is 11.3. The van der Waals surface area contributed by atoms with E-state index in [0.29, 0.717) is 12.5 Å². The minimum Gasteiger partial charge on any atom is -0.464 e. The highest BCUT2D eigenvalue weighted by Gasteiger charge is 2.14. The predicted octanol–water partition coefficient (Wildman–Crippen LogP) is 1.53. The van der Waals surface area contributed by atoms with Crippen molar-refractivity contribution in [2.45, 2.75) is 46.6 Å². The molecule has 0 bridgehead atoms. The molecule has 0 aromatic carbocycles. The third kappa shape index (κ3) is 7.40. The molecule has 0 heterocycles. The van der Waals surface area contributed by atoms with Gasteiger partial charge in [0.25, 0.3) is 0 Å². The Kier molecular flexibility index (Phi) is 7.81. The van der Waals surface area contributed by atoms with Crippen molar-refractivity contribution in [2.75, 3.05) is 13.2 Å². The summed E-state index contributed by atoms with van der Waals surface area (Å²) in [5, 5.41) is 2.92. The lowest BCUT2D eigenvalue weighted by Gasteiger charge is -2.14. The summed E-state index contributed by atoms with van der Waals surface area (Å²) in [6, 6.07) is -0.225. The van der Waals surface area contributed by atoms with E-state index in [1.54, 1.807) is 0 Å². The fourth-order valence-electron chi connectivity index (χ4n) is 1.25. The van der Waals surface area contributed by atoms with Crippen LogP contribution in [0.2, 0.25) is 0 Å². The van der Waals surface area contributed by atoms with E-state index in [-0.39, 0.29) is 24.3 Å². The van der Waals surface area contributed by atoms with Crippen molar-refractivity contribution >= 4 is 11.8 Å². The van der Waals surface area contributed by atoms with Gasteiger partial charge in [-0.15, -0.1) is 0 Å². The van der Waals surface area contributed by atoms with Crippen molar-refractivity contribution in [1.29, 1.82) is 0 Å². The second-order valence-corrected chi connectivity index (χ2v) is 4.41. The Bertz CT molecular complexity index is 226. The van der Waals surface area contributed by atoms with Gasteiger partial charge in [0.1, 0.15) is 5.78 Å². The normalized spacial score (nSPS) is 12.6. The van der Waals surface area contributed by atoms with Gasteiger partial charge >= 0.3 is 5.97 Å². The summed E-state index contributed by atoms with van der Waals surface area (Å²) in [4.78, 5) is 22.5. The summed E-state index contributed by atoms with van der Waals surface area (Å²) in [5.41, 5.74) is 0. The molecular formula is C12H23NO3. The van der Waals surface area contributed by atoms with E-state index in [2.05, 4.69) is 5.32 Å². The summed E-state index contributed by atoms with van der Waals surface area (Å²) in [6.45, 7) is 8.05. The van der Waals surface area contributed by atoms with E-state index in [9.17, 15) is 9.59 Å². The number of nitrogens with one attached hydrogen (secondary N) is 1. The van der Waals surface area contributed by atoms with Crippen LogP contribution >= 0.6 is 0 Å². The van der Waals surface area contributed by atoms with E-state index in [1.807, 2.05) is 20.8 Å². The molecule has 0 aliphatic rings. The van der Waals surface area contributed by atoms with Gasteiger partial charge in [-0.3, -0.25) is 14.9 Å². The molecule has 0 spiro atoms. The summed E-state index contributed by atoms with van der Waals surface area (Å²) in [7, 11) is 0. The highest BCUT2D eigenvalue weighted by molar-refractivity contribution is 5.82. The highest BCUT2D eigenvalue weighted by atomic mass is 16.5. The lowest BCUT2D eigenvalue weighted by molar-refractivity contribution is -0.143. The Hall–Kier alpha value is -0.900. The Labute approximate surface area is 97.7 Å². The maximum Gasteiger partial charge on any atom is 0.319 e. The standard InChI is InChI=1S/C12H23NO3/c1-5-6-11(10(4)14)13-7-12(15)16-8-9(2)3/h9,11,13H,5-8H2,1-4H3. The van der Waals surface area contributed by atoms with Crippen molar-refractivity contribution in [1.82, 2.24) is 5.32 Å². The Balaban J connectivity index is 3.82. The molecule has 0 aliphatic heterocycles. The summed E-state index contributed by atoms with van der Waals surface area (Å²) < 4.78 is 5.00. The van der Waals surface area contributed by atoms with Crippen molar-refractivity contribution < 1.29 is 14.3 Å². The number of hydrogen-bond acceptors (Lipinski definition) is 4. The van der Waals surface area contributed by atoms with Crippen LogP contribution in [0.15, 0.2) is 0 Å². The molecule has 4 heteroatoms. The first-order valence-corrected chi connectivity index (χ1v) is 5.86. The molecule has 4 nitrogen and oxygen atoms in total. The molecule has 1 N–H and O–H groups in total. The first-order valence-electron chi connectivity index (χ1n) is 5.86. The number of ketones is 1. The van der Waals surface area contributed by atoms with Crippen molar-refractivity contribution in [3.63, 3.8) is 0 Å². The van der Waals surface area contributed by atoms with Crippen LogP contribution in [-0.2, 0) is 14.3 Å². The quantitative estimate of drug-likeness (QED) is 0.641. The van der Waals surface area contributed by atoms with Crippen LogP contribution in [0, 0.1) is 5.92 Å². The molecule has 0 aliphatic carbocycles. The van der Waals surface area contributed by atoms with E-state index < -0.39 is 0 Å². The van der Waals surface area contributed by atoms with Gasteiger partial charge in [0.05, 0.1) is 19.2 Å². The number of rotatable bonds is 8. The lowest BCUT2D eigenvalue weighted by atomic mass is 10.1. The Morgan fingerprint density at radius 3 is 2.38 bits per heavy atom. The van der Waals surface area contributed by atoms with E-state index >= 15 is 0 Å². The highest BCUT2D eigenvalue weighted by Crippen LogP contribution is 1.98. The summed E-state index contributed by atoms with van der Waals surface area (Å²) in [6.07, 6.45) is 1.67. The van der Waals surface area contributed by atoms with Gasteiger partial charge in [-0.05, 0) is 19.3 Å². The maximum atomic E-state index is 11.3. The average Bonchev–Trinajstić information content (AvgIpc) is 2.20. The molecule has 0 aromatic rings. The minimum atomic E-state index is -0.295. The van der Waals surface area contributed by atoms with Crippen molar-refractivity contribution in [2.24, 2.45) is 5.92 Å². The number of Topliss-reactive ketones (excluding diaryl/α,β-unsaturated/α-hetero) is 1. The molecular weight excluding hydrogens is 206 g/mol.